The van der Waals surface area contributed by atoms with Crippen LogP contribution in [0.15, 0.2) is 60.8 Å². The van der Waals surface area contributed by atoms with Gasteiger partial charge in [0, 0.05) is 44.2 Å². The number of rotatable bonds is 7. The van der Waals surface area contributed by atoms with E-state index in [4.69, 9.17) is 15.1 Å². The summed E-state index contributed by atoms with van der Waals surface area (Å²) in [6, 6.07) is 17.8. The van der Waals surface area contributed by atoms with E-state index in [9.17, 15) is 5.11 Å². The second kappa shape index (κ2) is 10.4. The summed E-state index contributed by atoms with van der Waals surface area (Å²) in [5.74, 6) is 2.53. The molecule has 7 nitrogen and oxygen atoms in total. The molecule has 7 heteroatoms. The van der Waals surface area contributed by atoms with E-state index < -0.39 is 0 Å². The van der Waals surface area contributed by atoms with Crippen LogP contribution in [0.5, 0.6) is 5.75 Å². The molecule has 1 saturated heterocycles. The van der Waals surface area contributed by atoms with E-state index in [0.29, 0.717) is 5.75 Å². The van der Waals surface area contributed by atoms with Crippen LogP contribution in [-0.4, -0.2) is 55.9 Å². The van der Waals surface area contributed by atoms with Crippen LogP contribution < -0.4 is 4.90 Å². The first-order valence-electron chi connectivity index (χ1n) is 12.7. The summed E-state index contributed by atoms with van der Waals surface area (Å²) in [4.78, 5) is 14.9. The highest BCUT2D eigenvalue weighted by atomic mass is 16.3. The topological polar surface area (TPSA) is 70.3 Å². The quantitative estimate of drug-likeness (QED) is 0.403. The fourth-order valence-corrected chi connectivity index (χ4v) is 4.92. The average molecular weight is 471 g/mol. The fourth-order valence-electron chi connectivity index (χ4n) is 4.92. The third-order valence-electron chi connectivity index (χ3n) is 6.86. The Labute approximate surface area is 207 Å². The second-order valence-electron chi connectivity index (χ2n) is 9.47. The summed E-state index contributed by atoms with van der Waals surface area (Å²) in [5, 5.41) is 15.9. The highest BCUT2D eigenvalue weighted by Gasteiger charge is 2.23. The third-order valence-corrected chi connectivity index (χ3v) is 6.86. The van der Waals surface area contributed by atoms with Crippen LogP contribution in [0.25, 0.3) is 16.7 Å². The normalized spacial score (nSPS) is 15.9. The van der Waals surface area contributed by atoms with Gasteiger partial charge < -0.3 is 10.0 Å². The van der Waals surface area contributed by atoms with Gasteiger partial charge in [0.2, 0.25) is 0 Å². The van der Waals surface area contributed by atoms with Crippen molar-refractivity contribution in [3.63, 3.8) is 0 Å². The smallest absolute Gasteiger partial charge is 0.168 e. The summed E-state index contributed by atoms with van der Waals surface area (Å²) in [6.07, 6.45) is 5.10. The van der Waals surface area contributed by atoms with E-state index in [1.54, 1.807) is 6.07 Å². The molecule has 35 heavy (non-hydrogen) atoms. The number of para-hydroxylation sites is 2. The summed E-state index contributed by atoms with van der Waals surface area (Å²) in [6.45, 7) is 8.88. The van der Waals surface area contributed by atoms with Gasteiger partial charge in [-0.05, 0) is 31.0 Å². The Morgan fingerprint density at radius 3 is 2.54 bits per heavy atom. The molecule has 0 amide bonds. The molecular formula is C28H34N6O. The largest absolute Gasteiger partial charge is 0.508 e. The molecule has 2 aromatic heterocycles. The molecule has 0 bridgehead atoms. The molecule has 0 radical (unpaired) electrons. The van der Waals surface area contributed by atoms with Gasteiger partial charge in [-0.1, -0.05) is 56.7 Å². The van der Waals surface area contributed by atoms with Gasteiger partial charge in [0.1, 0.15) is 17.4 Å². The lowest BCUT2D eigenvalue weighted by Crippen LogP contribution is -2.31. The van der Waals surface area contributed by atoms with Crippen LogP contribution in [-0.2, 0) is 6.54 Å². The summed E-state index contributed by atoms with van der Waals surface area (Å²) in [7, 11) is 0. The Morgan fingerprint density at radius 1 is 0.943 bits per heavy atom. The minimum atomic E-state index is 0.284. The maximum Gasteiger partial charge on any atom is 0.168 e. The van der Waals surface area contributed by atoms with Crippen LogP contribution in [0.1, 0.15) is 50.4 Å². The van der Waals surface area contributed by atoms with E-state index in [2.05, 4.69) is 35.8 Å². The van der Waals surface area contributed by atoms with Crippen molar-refractivity contribution in [3.8, 4) is 11.4 Å². The number of hydrogen-bond donors (Lipinski definition) is 1. The molecule has 1 N–H and O–H groups in total. The molecular weight excluding hydrogens is 436 g/mol. The van der Waals surface area contributed by atoms with Gasteiger partial charge in [-0.2, -0.15) is 5.10 Å². The van der Waals surface area contributed by atoms with Gasteiger partial charge in [0.05, 0.1) is 17.3 Å². The number of anilines is 1. The zero-order valence-corrected chi connectivity index (χ0v) is 20.6. The lowest BCUT2D eigenvalue weighted by Gasteiger charge is -2.24. The van der Waals surface area contributed by atoms with Gasteiger partial charge in [-0.15, -0.1) is 0 Å². The van der Waals surface area contributed by atoms with Crippen molar-refractivity contribution in [3.05, 3.63) is 72.2 Å². The van der Waals surface area contributed by atoms with Crippen molar-refractivity contribution in [2.45, 2.75) is 45.6 Å². The number of nitrogens with zero attached hydrogens (tertiary/aromatic N) is 6. The van der Waals surface area contributed by atoms with Crippen LogP contribution in [0.2, 0.25) is 0 Å². The zero-order valence-electron chi connectivity index (χ0n) is 20.6. The minimum Gasteiger partial charge on any atom is -0.508 e. The number of aromatic nitrogens is 4. The molecule has 1 aliphatic heterocycles. The van der Waals surface area contributed by atoms with E-state index >= 15 is 0 Å². The van der Waals surface area contributed by atoms with Crippen molar-refractivity contribution in [1.82, 2.24) is 24.6 Å². The number of fused-ring (bicyclic) bond motifs is 1. The number of phenolic OH excluding ortho intramolecular Hbond substituents is 1. The molecule has 182 valence electrons. The zero-order chi connectivity index (χ0) is 24.2. The van der Waals surface area contributed by atoms with Gasteiger partial charge in [0.25, 0.3) is 0 Å². The predicted molar refractivity (Wildman–Crippen MR) is 140 cm³/mol. The first kappa shape index (κ1) is 23.3. The summed E-state index contributed by atoms with van der Waals surface area (Å²) < 4.78 is 1.94. The van der Waals surface area contributed by atoms with Crippen LogP contribution in [0.4, 0.5) is 5.82 Å². The fraction of sp³-hybridized carbons (Fsp3) is 0.393. The van der Waals surface area contributed by atoms with Crippen molar-refractivity contribution in [2.24, 2.45) is 0 Å². The monoisotopic (exact) mass is 470 g/mol. The Kier molecular flexibility index (Phi) is 6.95. The molecule has 3 heterocycles. The van der Waals surface area contributed by atoms with Crippen LogP contribution in [0.3, 0.4) is 0 Å². The molecule has 5 rings (SSSR count). The Morgan fingerprint density at radius 2 is 1.74 bits per heavy atom. The van der Waals surface area contributed by atoms with Gasteiger partial charge >= 0.3 is 0 Å². The maximum atomic E-state index is 10.2. The average Bonchev–Trinajstić information content (AvgIpc) is 3.17. The Bertz CT molecular complexity index is 1270. The van der Waals surface area contributed by atoms with E-state index in [0.717, 1.165) is 85.9 Å². The van der Waals surface area contributed by atoms with Gasteiger partial charge in [0.15, 0.2) is 5.65 Å². The van der Waals surface area contributed by atoms with Crippen molar-refractivity contribution in [1.29, 1.82) is 0 Å². The SMILES string of the molecule is CCC[C@H](C)c1nc(N2CCCN(Cc3ccccc3O)CC2)c2cnn(-c3ccccc3)c2n1. The molecule has 1 atom stereocenters. The maximum absolute atomic E-state index is 10.2. The van der Waals surface area contributed by atoms with E-state index in [1.807, 2.05) is 47.3 Å². The van der Waals surface area contributed by atoms with Crippen molar-refractivity contribution in [2.75, 3.05) is 31.1 Å². The Balaban J connectivity index is 1.47. The molecule has 0 saturated carbocycles. The number of phenols is 1. The van der Waals surface area contributed by atoms with Crippen LogP contribution >= 0.6 is 0 Å². The van der Waals surface area contributed by atoms with Crippen LogP contribution in [0, 0.1) is 0 Å². The molecule has 0 aliphatic carbocycles. The highest BCUT2D eigenvalue weighted by Crippen LogP contribution is 2.30. The highest BCUT2D eigenvalue weighted by molar-refractivity contribution is 5.88. The van der Waals surface area contributed by atoms with Gasteiger partial charge in [-0.25, -0.2) is 14.6 Å². The van der Waals surface area contributed by atoms with Crippen molar-refractivity contribution < 1.29 is 5.11 Å². The summed E-state index contributed by atoms with van der Waals surface area (Å²) in [5.41, 5.74) is 2.85. The molecule has 2 aromatic carbocycles. The molecule has 4 aromatic rings. The molecule has 0 spiro atoms. The van der Waals surface area contributed by atoms with E-state index in [-0.39, 0.29) is 5.92 Å². The van der Waals surface area contributed by atoms with Crippen molar-refractivity contribution >= 4 is 16.9 Å². The molecule has 1 aliphatic rings. The Hall–Kier alpha value is -3.45. The molecule has 1 fully saturated rings. The lowest BCUT2D eigenvalue weighted by atomic mass is 10.1. The van der Waals surface area contributed by atoms with E-state index in [1.165, 1.54) is 0 Å². The number of benzene rings is 2. The second-order valence-corrected chi connectivity index (χ2v) is 9.47. The lowest BCUT2D eigenvalue weighted by molar-refractivity contribution is 0.281. The first-order chi connectivity index (χ1) is 17.1. The van der Waals surface area contributed by atoms with Gasteiger partial charge in [-0.3, -0.25) is 4.90 Å². The first-order valence-corrected chi connectivity index (χ1v) is 12.7. The standard InChI is InChI=1S/C28H34N6O/c1-3-10-21(2)26-30-27(24-19-29-34(28(24)31-26)23-12-5-4-6-13-23)33-16-9-15-32(17-18-33)20-22-11-7-8-14-25(22)35/h4-8,11-14,19,21,35H,3,9-10,15-18,20H2,1-2H3/t21-/m0/s1. The predicted octanol–water partition coefficient (Wildman–Crippen LogP) is 5.14. The minimum absolute atomic E-state index is 0.284. The number of hydrogen-bond acceptors (Lipinski definition) is 6. The number of aromatic hydroxyl groups is 1. The third kappa shape index (κ3) is 5.00. The molecule has 0 unspecified atom stereocenters. The summed E-state index contributed by atoms with van der Waals surface area (Å²) >= 11 is 0.